The molecule has 10 heavy (non-hydrogen) atoms. The first-order valence-corrected chi connectivity index (χ1v) is 3.23. The van der Waals surface area contributed by atoms with Crippen LogP contribution in [0.4, 0.5) is 0 Å². The molecule has 4 heteroatoms. The molecule has 1 fully saturated rings. The molecule has 0 spiro atoms. The highest BCUT2D eigenvalue weighted by atomic mass is 16.6. The van der Waals surface area contributed by atoms with Crippen molar-refractivity contribution in [2.45, 2.75) is 18.9 Å². The lowest BCUT2D eigenvalue weighted by atomic mass is 10.2. The third-order valence-electron chi connectivity index (χ3n) is 1.63. The van der Waals surface area contributed by atoms with Gasteiger partial charge in [-0.1, -0.05) is 0 Å². The summed E-state index contributed by atoms with van der Waals surface area (Å²) in [4.78, 5) is 15.2. The molecule has 1 aliphatic carbocycles. The summed E-state index contributed by atoms with van der Waals surface area (Å²) < 4.78 is 4.46. The molecule has 0 aromatic rings. The van der Waals surface area contributed by atoms with Gasteiger partial charge >= 0.3 is 5.97 Å². The third kappa shape index (κ3) is 1.46. The van der Waals surface area contributed by atoms with Crippen LogP contribution in [0.25, 0.3) is 0 Å². The van der Waals surface area contributed by atoms with Crippen LogP contribution in [0, 0.1) is 5.92 Å². The molecule has 0 heterocycles. The summed E-state index contributed by atoms with van der Waals surface area (Å²) in [7, 11) is 1.33. The smallest absolute Gasteiger partial charge is 0.337 e. The van der Waals surface area contributed by atoms with E-state index in [4.69, 9.17) is 5.90 Å². The van der Waals surface area contributed by atoms with E-state index in [9.17, 15) is 4.79 Å². The van der Waals surface area contributed by atoms with E-state index in [1.807, 2.05) is 0 Å². The van der Waals surface area contributed by atoms with E-state index >= 15 is 0 Å². The van der Waals surface area contributed by atoms with E-state index < -0.39 is 6.10 Å². The van der Waals surface area contributed by atoms with Gasteiger partial charge in [0.1, 0.15) is 0 Å². The van der Waals surface area contributed by atoms with E-state index in [1.165, 1.54) is 7.11 Å². The quantitative estimate of drug-likeness (QED) is 0.442. The van der Waals surface area contributed by atoms with Crippen LogP contribution in [-0.4, -0.2) is 19.2 Å². The molecule has 58 valence electrons. The maximum absolute atomic E-state index is 10.8. The van der Waals surface area contributed by atoms with Crippen molar-refractivity contribution < 1.29 is 14.4 Å². The Hall–Kier alpha value is -0.610. The highest BCUT2D eigenvalue weighted by Crippen LogP contribution is 2.34. The second-order valence-corrected chi connectivity index (χ2v) is 2.42. The Morgan fingerprint density at radius 1 is 1.70 bits per heavy atom. The Morgan fingerprint density at radius 3 is 2.60 bits per heavy atom. The Balaban J connectivity index is 2.38. The topological polar surface area (TPSA) is 61.5 Å². The molecule has 1 atom stereocenters. The maximum Gasteiger partial charge on any atom is 0.337 e. The normalized spacial score (nSPS) is 20.2. The summed E-state index contributed by atoms with van der Waals surface area (Å²) in [5.74, 6) is 4.81. The lowest BCUT2D eigenvalue weighted by molar-refractivity contribution is -0.155. The van der Waals surface area contributed by atoms with Crippen molar-refractivity contribution in [3.63, 3.8) is 0 Å². The van der Waals surface area contributed by atoms with Crippen LogP contribution < -0.4 is 5.90 Å². The summed E-state index contributed by atoms with van der Waals surface area (Å²) in [6.45, 7) is 0. The van der Waals surface area contributed by atoms with Gasteiger partial charge < -0.3 is 4.74 Å². The predicted molar refractivity (Wildman–Crippen MR) is 33.8 cm³/mol. The minimum atomic E-state index is -0.537. The summed E-state index contributed by atoms with van der Waals surface area (Å²) in [5, 5.41) is 0. The number of carbonyl (C=O) groups excluding carboxylic acids is 1. The van der Waals surface area contributed by atoms with Gasteiger partial charge in [-0.3, -0.25) is 4.84 Å². The van der Waals surface area contributed by atoms with Gasteiger partial charge in [-0.2, -0.15) is 0 Å². The average Bonchev–Trinajstić information content (AvgIpc) is 2.73. The average molecular weight is 145 g/mol. The standard InChI is InChI=1S/C6H11NO3/c1-9-6(8)5(10-7)4-2-3-4/h4-5H,2-3,7H2,1H3. The molecular weight excluding hydrogens is 134 g/mol. The number of hydrogen-bond acceptors (Lipinski definition) is 4. The van der Waals surface area contributed by atoms with Gasteiger partial charge in [-0.05, 0) is 18.8 Å². The number of nitrogens with two attached hydrogens (primary N) is 1. The first kappa shape index (κ1) is 7.50. The van der Waals surface area contributed by atoms with E-state index in [0.717, 1.165) is 12.8 Å². The zero-order chi connectivity index (χ0) is 7.56. The second kappa shape index (κ2) is 2.98. The molecule has 0 amide bonds. The van der Waals surface area contributed by atoms with Crippen molar-refractivity contribution in [3.05, 3.63) is 0 Å². The summed E-state index contributed by atoms with van der Waals surface area (Å²) in [5.41, 5.74) is 0. The van der Waals surface area contributed by atoms with Crippen molar-refractivity contribution >= 4 is 5.97 Å². The van der Waals surface area contributed by atoms with Crippen LogP contribution in [0.5, 0.6) is 0 Å². The van der Waals surface area contributed by atoms with Crippen LogP contribution in [0.2, 0.25) is 0 Å². The predicted octanol–water partition coefficient (Wildman–Crippen LogP) is -0.172. The van der Waals surface area contributed by atoms with Crippen molar-refractivity contribution in [3.8, 4) is 0 Å². The lowest BCUT2D eigenvalue weighted by Gasteiger charge is -2.09. The van der Waals surface area contributed by atoms with Crippen LogP contribution >= 0.6 is 0 Å². The Morgan fingerprint density at radius 2 is 2.30 bits per heavy atom. The third-order valence-corrected chi connectivity index (χ3v) is 1.63. The highest BCUT2D eigenvalue weighted by Gasteiger charge is 2.37. The Bertz CT molecular complexity index is 133. The van der Waals surface area contributed by atoms with Gasteiger partial charge in [-0.25, -0.2) is 10.7 Å². The first-order valence-electron chi connectivity index (χ1n) is 3.23. The minimum Gasteiger partial charge on any atom is -0.467 e. The fourth-order valence-electron chi connectivity index (χ4n) is 0.874. The SMILES string of the molecule is COC(=O)C(ON)C1CC1. The number of ether oxygens (including phenoxy) is 1. The zero-order valence-electron chi connectivity index (χ0n) is 5.87. The Kier molecular flexibility index (Phi) is 2.24. The largest absolute Gasteiger partial charge is 0.467 e. The van der Waals surface area contributed by atoms with Crippen LogP contribution in [0.15, 0.2) is 0 Å². The molecule has 4 nitrogen and oxygen atoms in total. The van der Waals surface area contributed by atoms with Crippen molar-refractivity contribution in [1.82, 2.24) is 0 Å². The molecule has 0 aromatic carbocycles. The molecule has 1 saturated carbocycles. The van der Waals surface area contributed by atoms with Gasteiger partial charge in [0, 0.05) is 0 Å². The fourth-order valence-corrected chi connectivity index (χ4v) is 0.874. The summed E-state index contributed by atoms with van der Waals surface area (Å²) in [6, 6.07) is 0. The summed E-state index contributed by atoms with van der Waals surface area (Å²) in [6.07, 6.45) is 1.48. The molecule has 0 saturated heterocycles. The fraction of sp³-hybridized carbons (Fsp3) is 0.833. The minimum absolute atomic E-state index is 0.289. The summed E-state index contributed by atoms with van der Waals surface area (Å²) >= 11 is 0. The van der Waals surface area contributed by atoms with E-state index in [1.54, 1.807) is 0 Å². The highest BCUT2D eigenvalue weighted by molar-refractivity contribution is 5.75. The van der Waals surface area contributed by atoms with E-state index in [0.29, 0.717) is 0 Å². The van der Waals surface area contributed by atoms with Gasteiger partial charge in [0.05, 0.1) is 7.11 Å². The molecule has 2 N–H and O–H groups in total. The van der Waals surface area contributed by atoms with Crippen molar-refractivity contribution in [2.24, 2.45) is 11.8 Å². The molecule has 0 bridgehead atoms. The molecule has 0 radical (unpaired) electrons. The zero-order valence-corrected chi connectivity index (χ0v) is 5.87. The van der Waals surface area contributed by atoms with Crippen LogP contribution in [0.3, 0.4) is 0 Å². The van der Waals surface area contributed by atoms with Gasteiger partial charge in [0.2, 0.25) is 0 Å². The second-order valence-electron chi connectivity index (χ2n) is 2.42. The number of methoxy groups -OCH3 is 1. The first-order chi connectivity index (χ1) is 4.79. The number of rotatable bonds is 3. The maximum atomic E-state index is 10.8. The molecule has 0 aliphatic heterocycles. The van der Waals surface area contributed by atoms with Crippen molar-refractivity contribution in [2.75, 3.05) is 7.11 Å². The van der Waals surface area contributed by atoms with E-state index in [-0.39, 0.29) is 11.9 Å². The van der Waals surface area contributed by atoms with Crippen LogP contribution in [-0.2, 0) is 14.4 Å². The lowest BCUT2D eigenvalue weighted by Crippen LogP contribution is -2.30. The molecule has 1 unspecified atom stereocenters. The number of hydrogen-bond donors (Lipinski definition) is 1. The number of carbonyl (C=O) groups is 1. The monoisotopic (exact) mass is 145 g/mol. The Labute approximate surface area is 59.2 Å². The van der Waals surface area contributed by atoms with Gasteiger partial charge in [-0.15, -0.1) is 0 Å². The van der Waals surface area contributed by atoms with Gasteiger partial charge in [0.15, 0.2) is 6.10 Å². The molecule has 1 rings (SSSR count). The molecule has 1 aliphatic rings. The molecule has 0 aromatic heterocycles. The number of esters is 1. The molecular formula is C6H11NO3. The van der Waals surface area contributed by atoms with Crippen LogP contribution in [0.1, 0.15) is 12.8 Å². The van der Waals surface area contributed by atoms with E-state index in [2.05, 4.69) is 9.57 Å². The van der Waals surface area contributed by atoms with Crippen molar-refractivity contribution in [1.29, 1.82) is 0 Å². The van der Waals surface area contributed by atoms with Gasteiger partial charge in [0.25, 0.3) is 0 Å².